The number of halogens is 2. The van der Waals surface area contributed by atoms with Gasteiger partial charge in [0.2, 0.25) is 6.33 Å². The van der Waals surface area contributed by atoms with Crippen molar-refractivity contribution in [1.82, 2.24) is 14.8 Å². The predicted molar refractivity (Wildman–Crippen MR) is 74.6 cm³/mol. The van der Waals surface area contributed by atoms with Crippen molar-refractivity contribution in [1.29, 1.82) is 0 Å². The fourth-order valence-electron chi connectivity index (χ4n) is 1.50. The summed E-state index contributed by atoms with van der Waals surface area (Å²) in [5.74, 6) is -0.145. The minimum atomic E-state index is -0.932. The highest BCUT2D eigenvalue weighted by atomic mass is 35.5. The molecule has 1 atom stereocenters. The summed E-state index contributed by atoms with van der Waals surface area (Å²) >= 11 is 11.7. The second kappa shape index (κ2) is 6.70. The molecule has 2 aromatic rings. The largest absolute Gasteiger partial charge is 0.490 e. The van der Waals surface area contributed by atoms with Crippen LogP contribution in [0.2, 0.25) is 10.0 Å². The molecule has 112 valence electrons. The van der Waals surface area contributed by atoms with Gasteiger partial charge in [0.1, 0.15) is 18.5 Å². The molecule has 1 N–H and O–H groups in total. The summed E-state index contributed by atoms with van der Waals surface area (Å²) in [5, 5.41) is 24.6. The highest BCUT2D eigenvalue weighted by Crippen LogP contribution is 2.27. The van der Waals surface area contributed by atoms with Gasteiger partial charge in [0.25, 0.3) is 0 Å². The van der Waals surface area contributed by atoms with Gasteiger partial charge in [-0.25, -0.2) is 0 Å². The molecule has 1 aromatic carbocycles. The molecule has 0 spiro atoms. The summed E-state index contributed by atoms with van der Waals surface area (Å²) in [6.45, 7) is -0.0545. The van der Waals surface area contributed by atoms with Gasteiger partial charge in [-0.15, -0.1) is 0 Å². The molecular weight excluding hydrogens is 323 g/mol. The van der Waals surface area contributed by atoms with Crippen molar-refractivity contribution in [3.05, 3.63) is 44.7 Å². The lowest BCUT2D eigenvalue weighted by Crippen LogP contribution is -2.24. The Morgan fingerprint density at radius 1 is 1.48 bits per heavy atom. The zero-order valence-electron chi connectivity index (χ0n) is 10.5. The van der Waals surface area contributed by atoms with Gasteiger partial charge in [0.05, 0.1) is 11.6 Å². The van der Waals surface area contributed by atoms with Gasteiger partial charge < -0.3 is 20.0 Å². The highest BCUT2D eigenvalue weighted by molar-refractivity contribution is 6.35. The molecule has 1 unspecified atom stereocenters. The van der Waals surface area contributed by atoms with Crippen molar-refractivity contribution < 1.29 is 14.8 Å². The quantitative estimate of drug-likeness (QED) is 0.640. The second-order valence-electron chi connectivity index (χ2n) is 4.06. The van der Waals surface area contributed by atoms with E-state index >= 15 is 0 Å². The number of nitrogens with zero attached hydrogens (tertiary/aromatic N) is 4. The van der Waals surface area contributed by atoms with Gasteiger partial charge in [-0.3, -0.25) is 0 Å². The Kier molecular flexibility index (Phi) is 4.94. The molecule has 10 heteroatoms. The number of ether oxygens (including phenoxy) is 1. The van der Waals surface area contributed by atoms with Crippen LogP contribution in [0.3, 0.4) is 0 Å². The van der Waals surface area contributed by atoms with E-state index in [0.717, 1.165) is 11.0 Å². The van der Waals surface area contributed by atoms with Crippen molar-refractivity contribution in [2.45, 2.75) is 12.6 Å². The Hall–Kier alpha value is -1.90. The van der Waals surface area contributed by atoms with E-state index in [-0.39, 0.29) is 13.2 Å². The van der Waals surface area contributed by atoms with Crippen LogP contribution in [0.15, 0.2) is 24.5 Å². The van der Waals surface area contributed by atoms with Crippen LogP contribution in [0.25, 0.3) is 0 Å². The minimum absolute atomic E-state index is 0.00600. The third-order valence-electron chi connectivity index (χ3n) is 2.41. The molecule has 2 rings (SSSR count). The Labute approximate surface area is 129 Å². The van der Waals surface area contributed by atoms with Crippen molar-refractivity contribution in [2.75, 3.05) is 6.61 Å². The first kappa shape index (κ1) is 15.5. The van der Waals surface area contributed by atoms with Crippen LogP contribution >= 0.6 is 23.2 Å². The van der Waals surface area contributed by atoms with E-state index in [0.29, 0.717) is 15.8 Å². The fraction of sp³-hybridized carbons (Fsp3) is 0.273. The number of aliphatic hydroxyl groups excluding tert-OH is 1. The van der Waals surface area contributed by atoms with Crippen molar-refractivity contribution in [2.24, 2.45) is 0 Å². The Morgan fingerprint density at radius 3 is 2.86 bits per heavy atom. The normalized spacial score (nSPS) is 12.1. The fourth-order valence-corrected chi connectivity index (χ4v) is 1.97. The lowest BCUT2D eigenvalue weighted by atomic mass is 10.3. The third-order valence-corrected chi connectivity index (χ3v) is 2.94. The third kappa shape index (κ3) is 4.28. The predicted octanol–water partition coefficient (Wildman–Crippen LogP) is 1.93. The molecule has 0 aliphatic carbocycles. The number of hydrogen-bond donors (Lipinski definition) is 1. The molecule has 0 saturated carbocycles. The van der Waals surface area contributed by atoms with E-state index in [1.165, 1.54) is 6.07 Å². The van der Waals surface area contributed by atoms with Crippen LogP contribution in [0.1, 0.15) is 0 Å². The van der Waals surface area contributed by atoms with Crippen LogP contribution in [0, 0.1) is 10.1 Å². The van der Waals surface area contributed by atoms with E-state index in [9.17, 15) is 15.2 Å². The molecule has 0 fully saturated rings. The number of aromatic nitrogens is 3. The van der Waals surface area contributed by atoms with E-state index in [1.54, 1.807) is 12.1 Å². The summed E-state index contributed by atoms with van der Waals surface area (Å²) in [6, 6.07) is 4.71. The van der Waals surface area contributed by atoms with Crippen LogP contribution in [-0.2, 0) is 6.54 Å². The Balaban J connectivity index is 1.89. The molecular formula is C11H10Cl2N4O4. The van der Waals surface area contributed by atoms with Crippen molar-refractivity contribution in [3.8, 4) is 5.75 Å². The monoisotopic (exact) mass is 332 g/mol. The molecule has 8 nitrogen and oxygen atoms in total. The number of rotatable bonds is 6. The van der Waals surface area contributed by atoms with Crippen LogP contribution in [-0.4, -0.2) is 37.5 Å². The van der Waals surface area contributed by atoms with Crippen LogP contribution in [0.5, 0.6) is 5.75 Å². The summed E-state index contributed by atoms with van der Waals surface area (Å²) in [6.07, 6.45) is 0.231. The smallest absolute Gasteiger partial charge is 0.489 e. The average Bonchev–Trinajstić information content (AvgIpc) is 2.86. The van der Waals surface area contributed by atoms with Gasteiger partial charge in [0, 0.05) is 10.1 Å². The zero-order chi connectivity index (χ0) is 15.4. The molecule has 21 heavy (non-hydrogen) atoms. The minimum Gasteiger partial charge on any atom is -0.489 e. The maximum Gasteiger partial charge on any atom is 0.490 e. The van der Waals surface area contributed by atoms with Gasteiger partial charge in [-0.05, 0) is 23.1 Å². The molecule has 0 amide bonds. The average molecular weight is 333 g/mol. The lowest BCUT2D eigenvalue weighted by Gasteiger charge is -2.12. The summed E-state index contributed by atoms with van der Waals surface area (Å²) < 4.78 is 6.51. The molecule has 0 saturated heterocycles. The molecule has 0 radical (unpaired) electrons. The van der Waals surface area contributed by atoms with Crippen molar-refractivity contribution in [3.63, 3.8) is 0 Å². The van der Waals surface area contributed by atoms with Crippen LogP contribution in [0.4, 0.5) is 5.95 Å². The van der Waals surface area contributed by atoms with Gasteiger partial charge in [0.15, 0.2) is 0 Å². The van der Waals surface area contributed by atoms with Crippen LogP contribution < -0.4 is 4.74 Å². The van der Waals surface area contributed by atoms with E-state index in [2.05, 4.69) is 10.1 Å². The topological polar surface area (TPSA) is 103 Å². The number of hydrogen-bond acceptors (Lipinski definition) is 6. The van der Waals surface area contributed by atoms with E-state index in [1.807, 2.05) is 0 Å². The number of aliphatic hydroxyl groups is 1. The maximum atomic E-state index is 10.4. The number of benzene rings is 1. The summed E-state index contributed by atoms with van der Waals surface area (Å²) in [7, 11) is 0. The van der Waals surface area contributed by atoms with E-state index in [4.69, 9.17) is 27.9 Å². The molecule has 0 aliphatic rings. The molecule has 1 heterocycles. The van der Waals surface area contributed by atoms with Crippen molar-refractivity contribution >= 4 is 29.2 Å². The summed E-state index contributed by atoms with van der Waals surface area (Å²) in [4.78, 5) is 13.2. The zero-order valence-corrected chi connectivity index (χ0v) is 12.0. The van der Waals surface area contributed by atoms with Gasteiger partial charge >= 0.3 is 5.95 Å². The first-order valence-corrected chi connectivity index (χ1v) is 6.51. The molecule has 1 aromatic heterocycles. The molecule has 0 aliphatic heterocycles. The second-order valence-corrected chi connectivity index (χ2v) is 4.91. The standard InChI is InChI=1S/C11H10Cl2N4O4/c12-7-1-2-10(9(13)3-7)21-5-8(18)4-16-6-14-11(15-16)17(19)20/h1-3,6,8,18H,4-5H2. The van der Waals surface area contributed by atoms with Gasteiger partial charge in [-0.1, -0.05) is 28.2 Å². The lowest BCUT2D eigenvalue weighted by molar-refractivity contribution is -0.394. The SMILES string of the molecule is O=[N+]([O-])c1ncn(CC(O)COc2ccc(Cl)cc2Cl)n1. The van der Waals surface area contributed by atoms with Gasteiger partial charge in [-0.2, -0.15) is 4.68 Å². The first-order valence-electron chi connectivity index (χ1n) is 5.75. The molecule has 0 bridgehead atoms. The van der Waals surface area contributed by atoms with E-state index < -0.39 is 17.0 Å². The Morgan fingerprint density at radius 2 is 2.24 bits per heavy atom. The highest BCUT2D eigenvalue weighted by Gasteiger charge is 2.16. The Bertz CT molecular complexity index is 649. The summed E-state index contributed by atoms with van der Waals surface area (Å²) in [5.41, 5.74) is 0. The first-order chi connectivity index (χ1) is 9.95. The maximum absolute atomic E-state index is 10.4. The number of nitro groups is 1.